The molecule has 1 unspecified atom stereocenters. The molecule has 3 rings (SSSR count). The van der Waals surface area contributed by atoms with E-state index in [1.807, 2.05) is 25.3 Å². The minimum atomic E-state index is -0.180. The standard InChI is InChI=1S/C18H18N2/c1-12-9-13(2)18(20-11-12)17(19)16-8-7-14-5-3-4-6-15(14)10-16/h3-11,17H,19H2,1-2H3. The lowest BCUT2D eigenvalue weighted by Gasteiger charge is -2.15. The van der Waals surface area contributed by atoms with Crippen LogP contribution in [0.4, 0.5) is 0 Å². The predicted molar refractivity (Wildman–Crippen MR) is 83.7 cm³/mol. The molecule has 100 valence electrons. The molecule has 3 aromatic rings. The highest BCUT2D eigenvalue weighted by atomic mass is 14.8. The maximum Gasteiger partial charge on any atom is 0.0729 e. The van der Waals surface area contributed by atoms with Crippen molar-refractivity contribution in [2.75, 3.05) is 0 Å². The third-order valence-corrected chi connectivity index (χ3v) is 3.68. The summed E-state index contributed by atoms with van der Waals surface area (Å²) in [5.74, 6) is 0. The van der Waals surface area contributed by atoms with E-state index in [2.05, 4.69) is 48.3 Å². The summed E-state index contributed by atoms with van der Waals surface area (Å²) >= 11 is 0. The Balaban J connectivity index is 2.05. The fourth-order valence-electron chi connectivity index (χ4n) is 2.61. The van der Waals surface area contributed by atoms with Crippen molar-refractivity contribution in [2.24, 2.45) is 5.73 Å². The molecule has 2 nitrogen and oxygen atoms in total. The Morgan fingerprint density at radius 1 is 0.950 bits per heavy atom. The fourth-order valence-corrected chi connectivity index (χ4v) is 2.61. The van der Waals surface area contributed by atoms with Gasteiger partial charge in [-0.3, -0.25) is 4.98 Å². The van der Waals surface area contributed by atoms with E-state index in [1.54, 1.807) is 0 Å². The van der Waals surface area contributed by atoms with Gasteiger partial charge in [-0.25, -0.2) is 0 Å². The summed E-state index contributed by atoms with van der Waals surface area (Å²) in [6.07, 6.45) is 1.88. The van der Waals surface area contributed by atoms with Gasteiger partial charge in [0.1, 0.15) is 0 Å². The Labute approximate surface area is 119 Å². The van der Waals surface area contributed by atoms with Crippen molar-refractivity contribution in [3.63, 3.8) is 0 Å². The fraction of sp³-hybridized carbons (Fsp3) is 0.167. The first-order chi connectivity index (χ1) is 9.65. The Bertz CT molecular complexity index is 762. The highest BCUT2D eigenvalue weighted by Crippen LogP contribution is 2.24. The van der Waals surface area contributed by atoms with Crippen molar-refractivity contribution in [2.45, 2.75) is 19.9 Å². The average molecular weight is 262 g/mol. The number of aryl methyl sites for hydroxylation is 2. The monoisotopic (exact) mass is 262 g/mol. The van der Waals surface area contributed by atoms with Crippen LogP contribution in [0, 0.1) is 13.8 Å². The molecule has 20 heavy (non-hydrogen) atoms. The molecule has 2 N–H and O–H groups in total. The summed E-state index contributed by atoms with van der Waals surface area (Å²) in [6, 6.07) is 16.6. The maximum absolute atomic E-state index is 6.40. The van der Waals surface area contributed by atoms with Crippen molar-refractivity contribution >= 4 is 10.8 Å². The van der Waals surface area contributed by atoms with E-state index in [9.17, 15) is 0 Å². The van der Waals surface area contributed by atoms with Crippen molar-refractivity contribution in [3.05, 3.63) is 77.1 Å². The number of aromatic nitrogens is 1. The number of hydrogen-bond donors (Lipinski definition) is 1. The molecule has 0 spiro atoms. The zero-order valence-corrected chi connectivity index (χ0v) is 11.8. The lowest BCUT2D eigenvalue weighted by atomic mass is 9.97. The number of nitrogens with zero attached hydrogens (tertiary/aromatic N) is 1. The second-order valence-electron chi connectivity index (χ2n) is 5.30. The largest absolute Gasteiger partial charge is 0.319 e. The second kappa shape index (κ2) is 5.06. The molecule has 0 radical (unpaired) electrons. The Morgan fingerprint density at radius 2 is 1.70 bits per heavy atom. The number of nitrogens with two attached hydrogens (primary N) is 1. The molecule has 0 bridgehead atoms. The highest BCUT2D eigenvalue weighted by Gasteiger charge is 2.13. The molecule has 0 fully saturated rings. The summed E-state index contributed by atoms with van der Waals surface area (Å²) in [6.45, 7) is 4.11. The summed E-state index contributed by atoms with van der Waals surface area (Å²) in [5, 5.41) is 2.45. The van der Waals surface area contributed by atoms with Gasteiger partial charge in [0.15, 0.2) is 0 Å². The van der Waals surface area contributed by atoms with Gasteiger partial charge < -0.3 is 5.73 Å². The summed E-state index contributed by atoms with van der Waals surface area (Å²) in [5.41, 5.74) is 10.8. The van der Waals surface area contributed by atoms with Crippen LogP contribution in [-0.2, 0) is 0 Å². The molecule has 1 heterocycles. The molecule has 0 amide bonds. The first-order valence-corrected chi connectivity index (χ1v) is 6.82. The third-order valence-electron chi connectivity index (χ3n) is 3.68. The number of fused-ring (bicyclic) bond motifs is 1. The molecule has 0 aliphatic carbocycles. The lowest BCUT2D eigenvalue weighted by Crippen LogP contribution is -2.15. The first-order valence-electron chi connectivity index (χ1n) is 6.82. The summed E-state index contributed by atoms with van der Waals surface area (Å²) in [4.78, 5) is 4.51. The van der Waals surface area contributed by atoms with E-state index in [-0.39, 0.29) is 6.04 Å². The molecule has 2 aromatic carbocycles. The minimum absolute atomic E-state index is 0.180. The van der Waals surface area contributed by atoms with E-state index < -0.39 is 0 Å². The Morgan fingerprint density at radius 3 is 2.45 bits per heavy atom. The predicted octanol–water partition coefficient (Wildman–Crippen LogP) is 3.90. The van der Waals surface area contributed by atoms with Crippen molar-refractivity contribution in [1.29, 1.82) is 0 Å². The summed E-state index contributed by atoms with van der Waals surface area (Å²) in [7, 11) is 0. The molecule has 2 heteroatoms. The first kappa shape index (κ1) is 12.8. The Hall–Kier alpha value is -2.19. The average Bonchev–Trinajstić information content (AvgIpc) is 2.46. The van der Waals surface area contributed by atoms with Gasteiger partial charge in [-0.1, -0.05) is 42.5 Å². The van der Waals surface area contributed by atoms with Gasteiger partial charge >= 0.3 is 0 Å². The summed E-state index contributed by atoms with van der Waals surface area (Å²) < 4.78 is 0. The molecule has 1 aromatic heterocycles. The van der Waals surface area contributed by atoms with Crippen LogP contribution in [0.3, 0.4) is 0 Å². The molecular weight excluding hydrogens is 244 g/mol. The van der Waals surface area contributed by atoms with E-state index in [4.69, 9.17) is 5.73 Å². The number of hydrogen-bond acceptors (Lipinski definition) is 2. The molecule has 1 atom stereocenters. The van der Waals surface area contributed by atoms with E-state index in [1.165, 1.54) is 10.8 Å². The van der Waals surface area contributed by atoms with Gasteiger partial charge in [0.25, 0.3) is 0 Å². The van der Waals surface area contributed by atoms with Crippen LogP contribution >= 0.6 is 0 Å². The van der Waals surface area contributed by atoms with Crippen molar-refractivity contribution in [1.82, 2.24) is 4.98 Å². The smallest absolute Gasteiger partial charge is 0.0729 e. The lowest BCUT2D eigenvalue weighted by molar-refractivity contribution is 0.817. The van der Waals surface area contributed by atoms with Gasteiger partial charge in [0, 0.05) is 6.20 Å². The zero-order valence-electron chi connectivity index (χ0n) is 11.8. The second-order valence-corrected chi connectivity index (χ2v) is 5.30. The number of pyridine rings is 1. The van der Waals surface area contributed by atoms with E-state index in [0.717, 1.165) is 22.4 Å². The van der Waals surface area contributed by atoms with Crippen molar-refractivity contribution < 1.29 is 0 Å². The molecule has 0 aliphatic heterocycles. The maximum atomic E-state index is 6.40. The van der Waals surface area contributed by atoms with Gasteiger partial charge in [-0.05, 0) is 47.4 Å². The van der Waals surface area contributed by atoms with Gasteiger partial charge in [-0.15, -0.1) is 0 Å². The minimum Gasteiger partial charge on any atom is -0.319 e. The van der Waals surface area contributed by atoms with Crippen LogP contribution in [-0.4, -0.2) is 4.98 Å². The van der Waals surface area contributed by atoms with Crippen LogP contribution in [0.2, 0.25) is 0 Å². The van der Waals surface area contributed by atoms with Crippen LogP contribution < -0.4 is 5.73 Å². The molecular formula is C18H18N2. The van der Waals surface area contributed by atoms with Crippen LogP contribution in [0.25, 0.3) is 10.8 Å². The van der Waals surface area contributed by atoms with E-state index >= 15 is 0 Å². The topological polar surface area (TPSA) is 38.9 Å². The van der Waals surface area contributed by atoms with Gasteiger partial charge in [0.05, 0.1) is 11.7 Å². The zero-order chi connectivity index (χ0) is 14.1. The molecule has 0 saturated carbocycles. The van der Waals surface area contributed by atoms with Crippen molar-refractivity contribution in [3.8, 4) is 0 Å². The molecule has 0 aliphatic rings. The number of rotatable bonds is 2. The normalized spacial score (nSPS) is 12.6. The Kier molecular flexibility index (Phi) is 3.25. The van der Waals surface area contributed by atoms with E-state index in [0.29, 0.717) is 0 Å². The third kappa shape index (κ3) is 2.30. The van der Waals surface area contributed by atoms with Gasteiger partial charge in [-0.2, -0.15) is 0 Å². The molecule has 0 saturated heterocycles. The highest BCUT2D eigenvalue weighted by molar-refractivity contribution is 5.83. The van der Waals surface area contributed by atoms with Crippen LogP contribution in [0.1, 0.15) is 28.4 Å². The van der Waals surface area contributed by atoms with Crippen LogP contribution in [0.5, 0.6) is 0 Å². The SMILES string of the molecule is Cc1cnc(C(N)c2ccc3ccccc3c2)c(C)c1. The quantitative estimate of drug-likeness (QED) is 0.760. The van der Waals surface area contributed by atoms with Gasteiger partial charge in [0.2, 0.25) is 0 Å². The van der Waals surface area contributed by atoms with Crippen LogP contribution in [0.15, 0.2) is 54.7 Å². The number of benzene rings is 2.